The van der Waals surface area contributed by atoms with Gasteiger partial charge in [0.2, 0.25) is 0 Å². The van der Waals surface area contributed by atoms with Gasteiger partial charge in [0.15, 0.2) is 0 Å². The lowest BCUT2D eigenvalue weighted by Crippen LogP contribution is -2.11. The van der Waals surface area contributed by atoms with Gasteiger partial charge in [0, 0.05) is 28.6 Å². The maximum Gasteiger partial charge on any atom is 0.255 e. The summed E-state index contributed by atoms with van der Waals surface area (Å²) in [6.45, 7) is 2.05. The van der Waals surface area contributed by atoms with Crippen LogP contribution in [-0.4, -0.2) is 15.9 Å². The molecule has 0 spiro atoms. The monoisotopic (exact) mass is 380 g/mol. The van der Waals surface area contributed by atoms with Crippen molar-refractivity contribution < 1.29 is 4.79 Å². The molecule has 1 heterocycles. The Morgan fingerprint density at radius 2 is 1.59 bits per heavy atom. The molecule has 4 rings (SSSR count). The molecule has 4 aromatic rings. The summed E-state index contributed by atoms with van der Waals surface area (Å²) in [6, 6.07) is 26.8. The molecule has 5 nitrogen and oxygen atoms in total. The molecule has 1 amide bonds. The van der Waals surface area contributed by atoms with Gasteiger partial charge in [-0.05, 0) is 43.3 Å². The molecule has 0 saturated heterocycles. The first kappa shape index (κ1) is 18.4. The lowest BCUT2D eigenvalue weighted by Gasteiger charge is -2.10. The van der Waals surface area contributed by atoms with Crippen molar-refractivity contribution in [1.82, 2.24) is 9.97 Å². The fraction of sp³-hybridized carbons (Fsp3) is 0.0417. The Kier molecular flexibility index (Phi) is 5.29. The molecule has 0 fully saturated rings. The second-order valence-corrected chi connectivity index (χ2v) is 6.68. The molecule has 5 heteroatoms. The fourth-order valence-corrected chi connectivity index (χ4v) is 3.00. The van der Waals surface area contributed by atoms with Crippen LogP contribution < -0.4 is 10.6 Å². The minimum absolute atomic E-state index is 0.164. The Bertz CT molecular complexity index is 1140. The Morgan fingerprint density at radius 1 is 0.793 bits per heavy atom. The minimum Gasteiger partial charge on any atom is -0.340 e. The van der Waals surface area contributed by atoms with E-state index in [-0.39, 0.29) is 5.91 Å². The Morgan fingerprint density at radius 3 is 2.41 bits per heavy atom. The topological polar surface area (TPSA) is 66.9 Å². The molecule has 0 unspecified atom stereocenters. The third-order valence-corrected chi connectivity index (χ3v) is 4.41. The van der Waals surface area contributed by atoms with Crippen molar-refractivity contribution in [3.05, 3.63) is 102 Å². The van der Waals surface area contributed by atoms with Gasteiger partial charge in [-0.25, -0.2) is 9.97 Å². The smallest absolute Gasteiger partial charge is 0.255 e. The first-order valence-electron chi connectivity index (χ1n) is 9.30. The van der Waals surface area contributed by atoms with Crippen molar-refractivity contribution in [3.63, 3.8) is 0 Å². The van der Waals surface area contributed by atoms with Gasteiger partial charge < -0.3 is 10.6 Å². The number of amides is 1. The zero-order chi connectivity index (χ0) is 20.1. The van der Waals surface area contributed by atoms with E-state index in [0.29, 0.717) is 11.4 Å². The maximum atomic E-state index is 12.5. The summed E-state index contributed by atoms with van der Waals surface area (Å²) in [6.07, 6.45) is 1.53. The normalized spacial score (nSPS) is 10.4. The van der Waals surface area contributed by atoms with Gasteiger partial charge in [0.25, 0.3) is 5.91 Å². The molecule has 0 aliphatic rings. The van der Waals surface area contributed by atoms with E-state index in [0.717, 1.165) is 22.6 Å². The quantitative estimate of drug-likeness (QED) is 0.483. The van der Waals surface area contributed by atoms with Gasteiger partial charge >= 0.3 is 0 Å². The molecule has 0 aliphatic heterocycles. The highest BCUT2D eigenvalue weighted by Crippen LogP contribution is 2.22. The standard InChI is InChI=1S/C24H20N4O/c1-17-7-5-8-18(13-17)22-15-23(26-16-25-22)27-21-12-6-9-19(14-21)24(29)28-20-10-3-2-4-11-20/h2-16H,1H3,(H,28,29)(H,25,26,27). The SMILES string of the molecule is Cc1cccc(-c2cc(Nc3cccc(C(=O)Nc4ccccc4)c3)ncn2)c1. The van der Waals surface area contributed by atoms with Crippen molar-refractivity contribution in [2.75, 3.05) is 10.6 Å². The van der Waals surface area contributed by atoms with Crippen LogP contribution in [0.5, 0.6) is 0 Å². The molecule has 0 atom stereocenters. The molecule has 0 radical (unpaired) electrons. The molecular formula is C24H20N4O. The fourth-order valence-electron chi connectivity index (χ4n) is 3.00. The number of carbonyl (C=O) groups is 1. The summed E-state index contributed by atoms with van der Waals surface area (Å²) < 4.78 is 0. The molecule has 3 aromatic carbocycles. The number of anilines is 3. The number of rotatable bonds is 5. The number of para-hydroxylation sites is 1. The predicted octanol–water partition coefficient (Wildman–Crippen LogP) is 5.45. The average Bonchev–Trinajstić information content (AvgIpc) is 2.75. The van der Waals surface area contributed by atoms with Gasteiger partial charge in [-0.1, -0.05) is 48.0 Å². The molecule has 0 saturated carbocycles. The third-order valence-electron chi connectivity index (χ3n) is 4.41. The van der Waals surface area contributed by atoms with Crippen LogP contribution in [0, 0.1) is 6.92 Å². The van der Waals surface area contributed by atoms with Crippen LogP contribution in [0.1, 0.15) is 15.9 Å². The summed E-state index contributed by atoms with van der Waals surface area (Å²) in [5.74, 6) is 0.500. The van der Waals surface area contributed by atoms with Crippen LogP contribution in [0.15, 0.2) is 91.3 Å². The van der Waals surface area contributed by atoms with Gasteiger partial charge in [-0.15, -0.1) is 0 Å². The van der Waals surface area contributed by atoms with Gasteiger partial charge in [-0.2, -0.15) is 0 Å². The molecular weight excluding hydrogens is 360 g/mol. The summed E-state index contributed by atoms with van der Waals surface area (Å²) >= 11 is 0. The van der Waals surface area contributed by atoms with Crippen molar-refractivity contribution in [2.45, 2.75) is 6.92 Å². The zero-order valence-electron chi connectivity index (χ0n) is 16.0. The summed E-state index contributed by atoms with van der Waals surface area (Å²) in [5, 5.41) is 6.15. The molecule has 2 N–H and O–H groups in total. The van der Waals surface area contributed by atoms with Crippen LogP contribution >= 0.6 is 0 Å². The molecule has 1 aromatic heterocycles. The van der Waals surface area contributed by atoms with E-state index in [1.54, 1.807) is 12.1 Å². The lowest BCUT2D eigenvalue weighted by molar-refractivity contribution is 0.102. The van der Waals surface area contributed by atoms with Crippen LogP contribution in [-0.2, 0) is 0 Å². The van der Waals surface area contributed by atoms with Gasteiger partial charge in [0.1, 0.15) is 12.1 Å². The highest BCUT2D eigenvalue weighted by atomic mass is 16.1. The van der Waals surface area contributed by atoms with E-state index < -0.39 is 0 Å². The van der Waals surface area contributed by atoms with Crippen molar-refractivity contribution in [3.8, 4) is 11.3 Å². The lowest BCUT2D eigenvalue weighted by atomic mass is 10.1. The predicted molar refractivity (Wildman–Crippen MR) is 116 cm³/mol. The molecule has 29 heavy (non-hydrogen) atoms. The van der Waals surface area contributed by atoms with Crippen molar-refractivity contribution >= 4 is 23.1 Å². The van der Waals surface area contributed by atoms with Gasteiger partial charge in [0.05, 0.1) is 5.69 Å². The van der Waals surface area contributed by atoms with Crippen LogP contribution in [0.4, 0.5) is 17.2 Å². The first-order valence-corrected chi connectivity index (χ1v) is 9.30. The van der Waals surface area contributed by atoms with Crippen LogP contribution in [0.25, 0.3) is 11.3 Å². The van der Waals surface area contributed by atoms with E-state index in [4.69, 9.17) is 0 Å². The van der Waals surface area contributed by atoms with Crippen LogP contribution in [0.2, 0.25) is 0 Å². The maximum absolute atomic E-state index is 12.5. The number of nitrogens with one attached hydrogen (secondary N) is 2. The number of aromatic nitrogens is 2. The Hall–Kier alpha value is -3.99. The summed E-state index contributed by atoms with van der Waals surface area (Å²) in [5.41, 5.74) is 5.14. The van der Waals surface area contributed by atoms with Crippen molar-refractivity contribution in [1.29, 1.82) is 0 Å². The highest BCUT2D eigenvalue weighted by molar-refractivity contribution is 6.04. The Balaban J connectivity index is 1.52. The third kappa shape index (κ3) is 4.65. The number of benzene rings is 3. The summed E-state index contributed by atoms with van der Waals surface area (Å²) in [4.78, 5) is 21.2. The number of aryl methyl sites for hydroxylation is 1. The molecule has 0 bridgehead atoms. The van der Waals surface area contributed by atoms with E-state index >= 15 is 0 Å². The van der Waals surface area contributed by atoms with Crippen LogP contribution in [0.3, 0.4) is 0 Å². The van der Waals surface area contributed by atoms with E-state index in [1.165, 1.54) is 11.9 Å². The first-order chi connectivity index (χ1) is 14.2. The number of carbonyl (C=O) groups excluding carboxylic acids is 1. The second-order valence-electron chi connectivity index (χ2n) is 6.68. The van der Waals surface area contributed by atoms with E-state index in [9.17, 15) is 4.79 Å². The number of nitrogens with zero attached hydrogens (tertiary/aromatic N) is 2. The Labute approximate surface area is 169 Å². The minimum atomic E-state index is -0.164. The van der Waals surface area contributed by atoms with Crippen molar-refractivity contribution in [2.24, 2.45) is 0 Å². The van der Waals surface area contributed by atoms with E-state index in [1.807, 2.05) is 60.7 Å². The summed E-state index contributed by atoms with van der Waals surface area (Å²) in [7, 11) is 0. The van der Waals surface area contributed by atoms with Gasteiger partial charge in [-0.3, -0.25) is 4.79 Å². The number of hydrogen-bond acceptors (Lipinski definition) is 4. The zero-order valence-corrected chi connectivity index (χ0v) is 16.0. The molecule has 0 aliphatic carbocycles. The molecule has 142 valence electrons. The second kappa shape index (κ2) is 8.35. The largest absolute Gasteiger partial charge is 0.340 e. The number of hydrogen-bond donors (Lipinski definition) is 2. The van der Waals surface area contributed by atoms with E-state index in [2.05, 4.69) is 39.7 Å². The average molecular weight is 380 g/mol. The highest BCUT2D eigenvalue weighted by Gasteiger charge is 2.08.